The van der Waals surface area contributed by atoms with Gasteiger partial charge in [0.05, 0.1) is 4.91 Å². The van der Waals surface area contributed by atoms with Gasteiger partial charge in [-0.15, -0.1) is 0 Å². The molecule has 0 aromatic heterocycles. The maximum Gasteiger partial charge on any atom is 0.293 e. The van der Waals surface area contributed by atoms with E-state index in [2.05, 4.69) is 5.32 Å². The lowest BCUT2D eigenvalue weighted by Gasteiger charge is -2.12. The number of imide groups is 1. The molecule has 0 atom stereocenters. The van der Waals surface area contributed by atoms with Gasteiger partial charge < -0.3 is 5.32 Å². The lowest BCUT2D eigenvalue weighted by atomic mass is 10.2. The van der Waals surface area contributed by atoms with Crippen LogP contribution < -0.4 is 5.32 Å². The summed E-state index contributed by atoms with van der Waals surface area (Å²) >= 11 is 6.71. The van der Waals surface area contributed by atoms with Gasteiger partial charge in [-0.25, -0.2) is 0 Å². The van der Waals surface area contributed by atoms with Gasteiger partial charge in [-0.2, -0.15) is 0 Å². The van der Waals surface area contributed by atoms with E-state index in [1.807, 2.05) is 13.8 Å². The molecule has 0 saturated carbocycles. The Labute approximate surface area is 149 Å². The van der Waals surface area contributed by atoms with Crippen LogP contribution in [-0.4, -0.2) is 35.0 Å². The summed E-state index contributed by atoms with van der Waals surface area (Å²) in [7, 11) is 0. The normalized spacial score (nSPS) is 15.8. The molecule has 0 radical (unpaired) electrons. The molecule has 0 unspecified atom stereocenters. The van der Waals surface area contributed by atoms with Crippen LogP contribution in [0.4, 0.5) is 4.79 Å². The van der Waals surface area contributed by atoms with Crippen molar-refractivity contribution in [1.29, 1.82) is 0 Å². The number of benzene rings is 1. The summed E-state index contributed by atoms with van der Waals surface area (Å²) in [6.45, 7) is 4.00. The zero-order valence-electron chi connectivity index (χ0n) is 13.3. The molecule has 1 fully saturated rings. The molecule has 0 bridgehead atoms. The highest BCUT2D eigenvalue weighted by Crippen LogP contribution is 2.32. The lowest BCUT2D eigenvalue weighted by molar-refractivity contribution is -0.123. The first kappa shape index (κ1) is 18.3. The van der Waals surface area contributed by atoms with Crippen molar-refractivity contribution in [3.63, 3.8) is 0 Å². The molecule has 7 heteroatoms. The topological polar surface area (TPSA) is 66.5 Å². The molecule has 1 aliphatic rings. The molecule has 1 N–H and O–H groups in total. The minimum atomic E-state index is -0.351. The number of carbonyl (C=O) groups excluding carboxylic acids is 3. The minimum absolute atomic E-state index is 0.144. The number of carbonyl (C=O) groups is 3. The van der Waals surface area contributed by atoms with Gasteiger partial charge >= 0.3 is 0 Å². The van der Waals surface area contributed by atoms with Crippen molar-refractivity contribution in [1.82, 2.24) is 10.2 Å². The van der Waals surface area contributed by atoms with Gasteiger partial charge in [0.25, 0.3) is 11.1 Å². The number of nitrogens with one attached hydrogen (secondary N) is 1. The number of nitrogens with zero attached hydrogens (tertiary/aromatic N) is 1. The molecule has 5 nitrogen and oxygen atoms in total. The second-order valence-electron chi connectivity index (χ2n) is 5.40. The molecule has 1 heterocycles. The van der Waals surface area contributed by atoms with Crippen molar-refractivity contribution in [3.8, 4) is 0 Å². The molecule has 1 aromatic rings. The summed E-state index contributed by atoms with van der Waals surface area (Å²) in [6.07, 6.45) is 3.12. The van der Waals surface area contributed by atoms with Crippen LogP contribution in [0.25, 0.3) is 6.08 Å². The van der Waals surface area contributed by atoms with Crippen molar-refractivity contribution in [2.75, 3.05) is 13.1 Å². The SMILES string of the molecule is CC(C)=CC(=O)NCCN1C(=O)S/C(=C\c2ccc(Cl)cc2)C1=O. The average molecular weight is 365 g/mol. The summed E-state index contributed by atoms with van der Waals surface area (Å²) in [6, 6.07) is 6.98. The summed E-state index contributed by atoms with van der Waals surface area (Å²) in [4.78, 5) is 37.3. The summed E-state index contributed by atoms with van der Waals surface area (Å²) in [5.41, 5.74) is 1.67. The Balaban J connectivity index is 1.97. The molecule has 126 valence electrons. The Hall–Kier alpha value is -2.05. The van der Waals surface area contributed by atoms with Crippen LogP contribution in [0, 0.1) is 0 Å². The van der Waals surface area contributed by atoms with Gasteiger partial charge in [0.2, 0.25) is 5.91 Å². The lowest BCUT2D eigenvalue weighted by Crippen LogP contribution is -2.36. The highest BCUT2D eigenvalue weighted by Gasteiger charge is 2.34. The number of hydrogen-bond acceptors (Lipinski definition) is 4. The van der Waals surface area contributed by atoms with Crippen LogP contribution in [0.1, 0.15) is 19.4 Å². The zero-order valence-corrected chi connectivity index (χ0v) is 14.9. The predicted octanol–water partition coefficient (Wildman–Crippen LogP) is 3.46. The molecule has 0 spiro atoms. The Morgan fingerprint density at radius 2 is 1.92 bits per heavy atom. The van der Waals surface area contributed by atoms with E-state index in [0.717, 1.165) is 27.8 Å². The van der Waals surface area contributed by atoms with Gasteiger partial charge in [-0.3, -0.25) is 19.3 Å². The highest BCUT2D eigenvalue weighted by atomic mass is 35.5. The molecule has 2 rings (SSSR count). The number of allylic oxidation sites excluding steroid dienone is 1. The molecular formula is C17H17ClN2O3S. The fraction of sp³-hybridized carbons (Fsp3) is 0.235. The first-order valence-corrected chi connectivity index (χ1v) is 8.50. The van der Waals surface area contributed by atoms with E-state index in [0.29, 0.717) is 9.93 Å². The molecular weight excluding hydrogens is 348 g/mol. The van der Waals surface area contributed by atoms with E-state index in [1.54, 1.807) is 30.3 Å². The third-order valence-corrected chi connectivity index (χ3v) is 4.26. The van der Waals surface area contributed by atoms with E-state index in [4.69, 9.17) is 11.6 Å². The largest absolute Gasteiger partial charge is 0.351 e. The van der Waals surface area contributed by atoms with Crippen LogP contribution in [0.3, 0.4) is 0 Å². The molecule has 1 aromatic carbocycles. The van der Waals surface area contributed by atoms with Gasteiger partial charge in [0.15, 0.2) is 0 Å². The number of halogens is 1. The first-order chi connectivity index (χ1) is 11.4. The smallest absolute Gasteiger partial charge is 0.293 e. The number of hydrogen-bond donors (Lipinski definition) is 1. The summed E-state index contributed by atoms with van der Waals surface area (Å²) in [5, 5.41) is 2.92. The summed E-state index contributed by atoms with van der Waals surface area (Å²) < 4.78 is 0. The third kappa shape index (κ3) is 4.97. The van der Waals surface area contributed by atoms with E-state index >= 15 is 0 Å². The van der Waals surface area contributed by atoms with E-state index in [9.17, 15) is 14.4 Å². The zero-order chi connectivity index (χ0) is 17.7. The van der Waals surface area contributed by atoms with Crippen molar-refractivity contribution >= 4 is 46.5 Å². The van der Waals surface area contributed by atoms with E-state index in [1.165, 1.54) is 6.08 Å². The molecule has 1 saturated heterocycles. The van der Waals surface area contributed by atoms with Gasteiger partial charge in [0.1, 0.15) is 0 Å². The van der Waals surface area contributed by atoms with Crippen molar-refractivity contribution in [2.24, 2.45) is 0 Å². The van der Waals surface area contributed by atoms with Crippen LogP contribution in [-0.2, 0) is 9.59 Å². The quantitative estimate of drug-likeness (QED) is 0.812. The second kappa shape index (κ2) is 8.17. The number of thioether (sulfide) groups is 1. The average Bonchev–Trinajstić information content (AvgIpc) is 2.76. The minimum Gasteiger partial charge on any atom is -0.351 e. The molecule has 3 amide bonds. The van der Waals surface area contributed by atoms with Gasteiger partial charge in [-0.1, -0.05) is 29.3 Å². The Morgan fingerprint density at radius 1 is 1.25 bits per heavy atom. The summed E-state index contributed by atoms with van der Waals surface area (Å²) in [5.74, 6) is -0.588. The van der Waals surface area contributed by atoms with Crippen LogP contribution in [0.2, 0.25) is 5.02 Å². The highest BCUT2D eigenvalue weighted by molar-refractivity contribution is 8.18. The maximum absolute atomic E-state index is 12.3. The Kier molecular flexibility index (Phi) is 6.23. The molecule has 1 aliphatic heterocycles. The standard InChI is InChI=1S/C17H17ClN2O3S/c1-11(2)9-15(21)19-7-8-20-16(22)14(24-17(20)23)10-12-3-5-13(18)6-4-12/h3-6,9-10H,7-8H2,1-2H3,(H,19,21)/b14-10-. The fourth-order valence-electron chi connectivity index (χ4n) is 2.01. The van der Waals surface area contributed by atoms with Crippen molar-refractivity contribution in [2.45, 2.75) is 13.8 Å². The predicted molar refractivity (Wildman–Crippen MR) is 96.6 cm³/mol. The van der Waals surface area contributed by atoms with Crippen LogP contribution >= 0.6 is 23.4 Å². The van der Waals surface area contributed by atoms with Gasteiger partial charge in [0, 0.05) is 24.2 Å². The van der Waals surface area contributed by atoms with E-state index in [-0.39, 0.29) is 30.1 Å². The van der Waals surface area contributed by atoms with Crippen molar-refractivity contribution in [3.05, 3.63) is 51.4 Å². The Bertz CT molecular complexity index is 722. The second-order valence-corrected chi connectivity index (χ2v) is 6.83. The third-order valence-electron chi connectivity index (χ3n) is 3.10. The monoisotopic (exact) mass is 364 g/mol. The van der Waals surface area contributed by atoms with Crippen molar-refractivity contribution < 1.29 is 14.4 Å². The number of amides is 3. The Morgan fingerprint density at radius 3 is 2.54 bits per heavy atom. The number of rotatable bonds is 5. The first-order valence-electron chi connectivity index (χ1n) is 7.30. The van der Waals surface area contributed by atoms with E-state index < -0.39 is 0 Å². The van der Waals surface area contributed by atoms with Crippen LogP contribution in [0.15, 0.2) is 40.8 Å². The fourth-order valence-corrected chi connectivity index (χ4v) is 3.00. The van der Waals surface area contributed by atoms with Crippen LogP contribution in [0.5, 0.6) is 0 Å². The molecule has 24 heavy (non-hydrogen) atoms. The molecule has 0 aliphatic carbocycles. The maximum atomic E-state index is 12.3. The van der Waals surface area contributed by atoms with Gasteiger partial charge in [-0.05, 0) is 49.4 Å².